The zero-order chi connectivity index (χ0) is 14.3. The van der Waals surface area contributed by atoms with Gasteiger partial charge in [-0.2, -0.15) is 0 Å². The standard InChI is InChI=1S/C16H28N2S/c1-7-16(5,6)11-18-9-8-12-13(10-18)19-14(17-12)15(2,3)4/h7-11H2,1-6H3. The van der Waals surface area contributed by atoms with Crippen LogP contribution < -0.4 is 0 Å². The highest BCUT2D eigenvalue weighted by molar-refractivity contribution is 7.11. The van der Waals surface area contributed by atoms with Gasteiger partial charge in [0.1, 0.15) is 0 Å². The van der Waals surface area contributed by atoms with E-state index < -0.39 is 0 Å². The lowest BCUT2D eigenvalue weighted by molar-refractivity contribution is 0.161. The number of hydrogen-bond donors (Lipinski definition) is 0. The second-order valence-corrected chi connectivity index (χ2v) is 8.70. The highest BCUT2D eigenvalue weighted by Crippen LogP contribution is 2.33. The number of aromatic nitrogens is 1. The molecule has 2 rings (SSSR count). The molecule has 0 spiro atoms. The molecule has 108 valence electrons. The molecule has 0 saturated heterocycles. The van der Waals surface area contributed by atoms with Crippen molar-refractivity contribution in [2.75, 3.05) is 13.1 Å². The second-order valence-electron chi connectivity index (χ2n) is 7.62. The van der Waals surface area contributed by atoms with Crippen molar-refractivity contribution in [3.8, 4) is 0 Å². The average molecular weight is 280 g/mol. The summed E-state index contributed by atoms with van der Waals surface area (Å²) >= 11 is 1.93. The van der Waals surface area contributed by atoms with Gasteiger partial charge in [-0.25, -0.2) is 4.98 Å². The summed E-state index contributed by atoms with van der Waals surface area (Å²) in [7, 11) is 0. The summed E-state index contributed by atoms with van der Waals surface area (Å²) in [6, 6.07) is 0. The molecular formula is C16H28N2S. The molecule has 3 heteroatoms. The third-order valence-corrected chi connectivity index (χ3v) is 5.57. The summed E-state index contributed by atoms with van der Waals surface area (Å²) in [5, 5.41) is 1.30. The lowest BCUT2D eigenvalue weighted by atomic mass is 9.89. The zero-order valence-electron chi connectivity index (χ0n) is 13.3. The van der Waals surface area contributed by atoms with E-state index in [2.05, 4.69) is 46.4 Å². The Morgan fingerprint density at radius 1 is 1.21 bits per heavy atom. The van der Waals surface area contributed by atoms with Gasteiger partial charge in [0.05, 0.1) is 10.7 Å². The lowest BCUT2D eigenvalue weighted by Gasteiger charge is -2.33. The predicted molar refractivity (Wildman–Crippen MR) is 83.9 cm³/mol. The molecule has 0 aliphatic carbocycles. The molecule has 0 amide bonds. The van der Waals surface area contributed by atoms with Crippen LogP contribution in [0.25, 0.3) is 0 Å². The van der Waals surface area contributed by atoms with E-state index in [9.17, 15) is 0 Å². The van der Waals surface area contributed by atoms with Gasteiger partial charge in [-0.15, -0.1) is 11.3 Å². The molecule has 2 heterocycles. The van der Waals surface area contributed by atoms with Crippen molar-refractivity contribution < 1.29 is 0 Å². The first kappa shape index (κ1) is 15.0. The Hall–Kier alpha value is -0.410. The SMILES string of the molecule is CCC(C)(C)CN1CCc2nc(C(C)(C)C)sc2C1. The highest BCUT2D eigenvalue weighted by atomic mass is 32.1. The number of rotatable bonds is 3. The molecule has 0 atom stereocenters. The number of hydrogen-bond acceptors (Lipinski definition) is 3. The Labute approximate surface area is 122 Å². The molecule has 0 N–H and O–H groups in total. The van der Waals surface area contributed by atoms with Gasteiger partial charge >= 0.3 is 0 Å². The van der Waals surface area contributed by atoms with E-state index in [1.165, 1.54) is 35.1 Å². The third kappa shape index (κ3) is 3.57. The topological polar surface area (TPSA) is 16.1 Å². The molecule has 1 aliphatic rings. The van der Waals surface area contributed by atoms with Crippen LogP contribution in [0.5, 0.6) is 0 Å². The maximum Gasteiger partial charge on any atom is 0.0985 e. The number of thiazole rings is 1. The fourth-order valence-corrected chi connectivity index (χ4v) is 3.63. The summed E-state index contributed by atoms with van der Waals surface area (Å²) < 4.78 is 0. The van der Waals surface area contributed by atoms with E-state index in [1.54, 1.807) is 0 Å². The van der Waals surface area contributed by atoms with E-state index in [4.69, 9.17) is 4.98 Å². The van der Waals surface area contributed by atoms with Crippen LogP contribution in [0.15, 0.2) is 0 Å². The monoisotopic (exact) mass is 280 g/mol. The van der Waals surface area contributed by atoms with Crippen LogP contribution in [-0.4, -0.2) is 23.0 Å². The Balaban J connectivity index is 2.10. The Morgan fingerprint density at radius 3 is 2.47 bits per heavy atom. The number of fused-ring (bicyclic) bond motifs is 1. The minimum absolute atomic E-state index is 0.190. The molecular weight excluding hydrogens is 252 g/mol. The number of nitrogens with zero attached hydrogens (tertiary/aromatic N) is 2. The summed E-state index contributed by atoms with van der Waals surface area (Å²) in [5.74, 6) is 0. The largest absolute Gasteiger partial charge is 0.297 e. The van der Waals surface area contributed by atoms with Crippen molar-refractivity contribution in [1.29, 1.82) is 0 Å². The van der Waals surface area contributed by atoms with Gasteiger partial charge in [-0.05, 0) is 11.8 Å². The average Bonchev–Trinajstić information content (AvgIpc) is 2.71. The van der Waals surface area contributed by atoms with Crippen LogP contribution in [-0.2, 0) is 18.4 Å². The molecule has 1 aliphatic heterocycles. The molecule has 1 aromatic heterocycles. The molecule has 0 fully saturated rings. The van der Waals surface area contributed by atoms with Gasteiger partial charge in [-0.3, -0.25) is 4.90 Å². The maximum absolute atomic E-state index is 4.86. The van der Waals surface area contributed by atoms with Gasteiger partial charge in [0.15, 0.2) is 0 Å². The molecule has 19 heavy (non-hydrogen) atoms. The van der Waals surface area contributed by atoms with Crippen molar-refractivity contribution in [1.82, 2.24) is 9.88 Å². The molecule has 0 aromatic carbocycles. The molecule has 2 nitrogen and oxygen atoms in total. The summed E-state index contributed by atoms with van der Waals surface area (Å²) in [5.41, 5.74) is 1.98. The van der Waals surface area contributed by atoms with Crippen molar-refractivity contribution in [3.63, 3.8) is 0 Å². The van der Waals surface area contributed by atoms with E-state index in [-0.39, 0.29) is 5.41 Å². The van der Waals surface area contributed by atoms with Gasteiger partial charge in [-0.1, -0.05) is 41.5 Å². The Kier molecular flexibility index (Phi) is 4.08. The van der Waals surface area contributed by atoms with Gasteiger partial charge in [0.25, 0.3) is 0 Å². The molecule has 0 saturated carbocycles. The first-order valence-electron chi connectivity index (χ1n) is 7.43. The zero-order valence-corrected chi connectivity index (χ0v) is 14.2. The van der Waals surface area contributed by atoms with Crippen molar-refractivity contribution in [2.24, 2.45) is 5.41 Å². The molecule has 1 aromatic rings. The smallest absolute Gasteiger partial charge is 0.0985 e. The van der Waals surface area contributed by atoms with Gasteiger partial charge in [0, 0.05) is 36.3 Å². The second kappa shape index (κ2) is 5.17. The lowest BCUT2D eigenvalue weighted by Crippen LogP contribution is -2.37. The quantitative estimate of drug-likeness (QED) is 0.823. The molecule has 0 unspecified atom stereocenters. The van der Waals surface area contributed by atoms with E-state index in [0.717, 1.165) is 13.0 Å². The maximum atomic E-state index is 4.86. The molecule has 0 radical (unpaired) electrons. The van der Waals surface area contributed by atoms with Crippen LogP contribution >= 0.6 is 11.3 Å². The van der Waals surface area contributed by atoms with E-state index in [0.29, 0.717) is 5.41 Å². The third-order valence-electron chi connectivity index (χ3n) is 4.06. The minimum atomic E-state index is 0.190. The minimum Gasteiger partial charge on any atom is -0.297 e. The van der Waals surface area contributed by atoms with E-state index in [1.807, 2.05) is 11.3 Å². The van der Waals surface area contributed by atoms with Gasteiger partial charge < -0.3 is 0 Å². The van der Waals surface area contributed by atoms with Crippen LogP contribution in [0.1, 0.15) is 63.5 Å². The predicted octanol–water partition coefficient (Wildman–Crippen LogP) is 4.23. The normalized spacial score (nSPS) is 17.6. The first-order chi connectivity index (χ1) is 8.71. The van der Waals surface area contributed by atoms with Crippen molar-refractivity contribution in [3.05, 3.63) is 15.6 Å². The van der Waals surface area contributed by atoms with Gasteiger partial charge in [0.2, 0.25) is 0 Å². The summed E-state index contributed by atoms with van der Waals surface area (Å²) in [6.07, 6.45) is 2.37. The van der Waals surface area contributed by atoms with Crippen LogP contribution in [0.2, 0.25) is 0 Å². The summed E-state index contributed by atoms with van der Waals surface area (Å²) in [6.45, 7) is 17.3. The van der Waals surface area contributed by atoms with E-state index >= 15 is 0 Å². The highest BCUT2D eigenvalue weighted by Gasteiger charge is 2.27. The first-order valence-corrected chi connectivity index (χ1v) is 8.24. The fraction of sp³-hybridized carbons (Fsp3) is 0.812. The van der Waals surface area contributed by atoms with Crippen LogP contribution in [0, 0.1) is 5.41 Å². The molecule has 0 bridgehead atoms. The van der Waals surface area contributed by atoms with Crippen molar-refractivity contribution in [2.45, 2.75) is 66.3 Å². The Bertz CT molecular complexity index is 440. The van der Waals surface area contributed by atoms with Crippen LogP contribution in [0.4, 0.5) is 0 Å². The van der Waals surface area contributed by atoms with Crippen molar-refractivity contribution >= 4 is 11.3 Å². The Morgan fingerprint density at radius 2 is 1.89 bits per heavy atom. The van der Waals surface area contributed by atoms with Crippen LogP contribution in [0.3, 0.4) is 0 Å². The summed E-state index contributed by atoms with van der Waals surface area (Å²) in [4.78, 5) is 8.98. The fourth-order valence-electron chi connectivity index (χ4n) is 2.42.